The van der Waals surface area contributed by atoms with Crippen LogP contribution in [-0.4, -0.2) is 41.4 Å². The lowest BCUT2D eigenvalue weighted by Gasteiger charge is -2.30. The Morgan fingerprint density at radius 2 is 1.88 bits per heavy atom. The summed E-state index contributed by atoms with van der Waals surface area (Å²) in [5.74, 6) is 1.12. The highest BCUT2D eigenvalue weighted by molar-refractivity contribution is 6.32. The van der Waals surface area contributed by atoms with Crippen molar-refractivity contribution < 1.29 is 28.7 Å². The molecular weight excluding hydrogens is 542 g/mol. The topological polar surface area (TPSA) is 139 Å². The van der Waals surface area contributed by atoms with Gasteiger partial charge in [-0.15, -0.1) is 0 Å². The number of nitro groups is 1. The van der Waals surface area contributed by atoms with Crippen molar-refractivity contribution in [3.05, 3.63) is 80.5 Å². The summed E-state index contributed by atoms with van der Waals surface area (Å²) in [5, 5.41) is 18.7. The van der Waals surface area contributed by atoms with Crippen LogP contribution in [0.4, 0.5) is 17.3 Å². The minimum absolute atomic E-state index is 0.0676. The van der Waals surface area contributed by atoms with Crippen LogP contribution in [0, 0.1) is 10.1 Å². The Morgan fingerprint density at radius 1 is 1.15 bits per heavy atom. The first-order chi connectivity index (χ1) is 19.3. The summed E-state index contributed by atoms with van der Waals surface area (Å²) < 4.78 is 23.5. The average molecular weight is 564 g/mol. The fourth-order valence-electron chi connectivity index (χ4n) is 5.02. The second kappa shape index (κ2) is 9.65. The quantitative estimate of drug-likeness (QED) is 0.237. The number of allylic oxidation sites excluding steroid dienone is 1. The molecule has 0 saturated carbocycles. The Balaban J connectivity index is 1.56. The number of rotatable bonds is 6. The number of nitrogens with zero attached hydrogens (tertiary/aromatic N) is 3. The number of nitrogens with one attached hydrogen (secondary N) is 2. The van der Waals surface area contributed by atoms with Crippen LogP contribution in [0.2, 0.25) is 5.02 Å². The number of imidazole rings is 1. The molecule has 0 spiro atoms. The summed E-state index contributed by atoms with van der Waals surface area (Å²) in [6.07, 6.45) is 0. The van der Waals surface area contributed by atoms with E-state index in [-0.39, 0.29) is 29.4 Å². The number of aromatic nitrogens is 2. The molecule has 0 bridgehead atoms. The minimum atomic E-state index is -0.959. The molecule has 1 aromatic heterocycles. The molecule has 2 aliphatic rings. The maximum atomic E-state index is 14.1. The second-order valence-corrected chi connectivity index (χ2v) is 9.43. The predicted octanol–water partition coefficient (Wildman–Crippen LogP) is 5.27. The van der Waals surface area contributed by atoms with E-state index in [4.69, 9.17) is 30.5 Å². The molecule has 3 heterocycles. The van der Waals surface area contributed by atoms with Gasteiger partial charge in [0.1, 0.15) is 17.5 Å². The summed E-state index contributed by atoms with van der Waals surface area (Å²) in [6, 6.07) is 12.3. The first kappa shape index (κ1) is 25.3. The van der Waals surface area contributed by atoms with Gasteiger partial charge in [-0.3, -0.25) is 19.5 Å². The van der Waals surface area contributed by atoms with Crippen molar-refractivity contribution in [2.45, 2.75) is 13.0 Å². The van der Waals surface area contributed by atoms with Crippen LogP contribution in [0.5, 0.6) is 23.0 Å². The Bertz CT molecular complexity index is 1750. The zero-order chi connectivity index (χ0) is 28.1. The molecule has 0 saturated heterocycles. The highest BCUT2D eigenvalue weighted by atomic mass is 35.5. The average Bonchev–Trinajstić information content (AvgIpc) is 3.55. The van der Waals surface area contributed by atoms with Gasteiger partial charge in [0.05, 0.1) is 58.1 Å². The van der Waals surface area contributed by atoms with E-state index in [9.17, 15) is 14.9 Å². The van der Waals surface area contributed by atoms with Gasteiger partial charge in [0.15, 0.2) is 11.5 Å². The van der Waals surface area contributed by atoms with E-state index in [0.717, 1.165) is 0 Å². The number of anilines is 2. The summed E-state index contributed by atoms with van der Waals surface area (Å²) in [5.41, 5.74) is 2.29. The van der Waals surface area contributed by atoms with E-state index in [1.165, 1.54) is 26.4 Å². The van der Waals surface area contributed by atoms with Crippen LogP contribution in [0.1, 0.15) is 18.5 Å². The van der Waals surface area contributed by atoms with Gasteiger partial charge in [0.25, 0.3) is 11.6 Å². The Hall–Kier alpha value is -4.97. The lowest BCUT2D eigenvalue weighted by Crippen LogP contribution is -2.31. The molecular formula is C27H22ClN5O7. The summed E-state index contributed by atoms with van der Waals surface area (Å²) in [6.45, 7) is 1.64. The lowest BCUT2D eigenvalue weighted by molar-refractivity contribution is -0.385. The van der Waals surface area contributed by atoms with Crippen molar-refractivity contribution in [2.75, 3.05) is 31.6 Å². The third-order valence-corrected chi connectivity index (χ3v) is 7.11. The number of carbonyl (C=O) groups excluding carboxylic acids is 1. The number of methoxy groups -OCH3 is 2. The van der Waals surface area contributed by atoms with Gasteiger partial charge in [0, 0.05) is 17.8 Å². The van der Waals surface area contributed by atoms with E-state index in [2.05, 4.69) is 15.6 Å². The maximum absolute atomic E-state index is 14.1. The second-order valence-electron chi connectivity index (χ2n) is 9.02. The molecule has 0 unspecified atom stereocenters. The van der Waals surface area contributed by atoms with Gasteiger partial charge < -0.3 is 29.6 Å². The number of halogens is 1. The van der Waals surface area contributed by atoms with Crippen LogP contribution in [0.25, 0.3) is 11.0 Å². The van der Waals surface area contributed by atoms with E-state index in [0.29, 0.717) is 50.6 Å². The molecule has 4 aromatic rings. The van der Waals surface area contributed by atoms with Crippen LogP contribution in [0.3, 0.4) is 0 Å². The molecule has 6 rings (SSSR count). The molecule has 13 heteroatoms. The van der Waals surface area contributed by atoms with Crippen molar-refractivity contribution in [3.63, 3.8) is 0 Å². The molecule has 3 aromatic carbocycles. The monoisotopic (exact) mass is 563 g/mol. The number of fused-ring (bicyclic) bond motifs is 4. The number of benzene rings is 3. The number of hydrogen-bond acceptors (Lipinski definition) is 9. The molecule has 12 nitrogen and oxygen atoms in total. The van der Waals surface area contributed by atoms with Gasteiger partial charge in [-0.2, -0.15) is 0 Å². The normalized spacial score (nSPS) is 15.4. The highest BCUT2D eigenvalue weighted by Gasteiger charge is 2.39. The Kier molecular flexibility index (Phi) is 6.11. The van der Waals surface area contributed by atoms with Crippen LogP contribution >= 0.6 is 11.6 Å². The number of ether oxygens (including phenoxy) is 4. The third kappa shape index (κ3) is 4.00. The Morgan fingerprint density at radius 3 is 2.60 bits per heavy atom. The molecule has 1 atom stereocenters. The van der Waals surface area contributed by atoms with Gasteiger partial charge in [-0.1, -0.05) is 23.7 Å². The first-order valence-electron chi connectivity index (χ1n) is 12.1. The van der Waals surface area contributed by atoms with Crippen molar-refractivity contribution in [2.24, 2.45) is 0 Å². The van der Waals surface area contributed by atoms with Gasteiger partial charge in [-0.25, -0.2) is 4.98 Å². The molecule has 204 valence electrons. The zero-order valence-electron chi connectivity index (χ0n) is 21.5. The van der Waals surface area contributed by atoms with Crippen LogP contribution < -0.4 is 29.6 Å². The summed E-state index contributed by atoms with van der Waals surface area (Å²) in [7, 11) is 2.90. The van der Waals surface area contributed by atoms with Crippen molar-refractivity contribution >= 4 is 45.9 Å². The predicted molar refractivity (Wildman–Crippen MR) is 147 cm³/mol. The van der Waals surface area contributed by atoms with Crippen molar-refractivity contribution in [3.8, 4) is 23.0 Å². The summed E-state index contributed by atoms with van der Waals surface area (Å²) in [4.78, 5) is 30.6. The Labute approximate surface area is 232 Å². The number of amides is 1. The number of nitro benzene ring substituents is 1. The van der Waals surface area contributed by atoms with Gasteiger partial charge >= 0.3 is 0 Å². The largest absolute Gasteiger partial charge is 0.495 e. The summed E-state index contributed by atoms with van der Waals surface area (Å²) >= 11 is 6.25. The minimum Gasteiger partial charge on any atom is -0.495 e. The van der Waals surface area contributed by atoms with Crippen molar-refractivity contribution in [1.82, 2.24) is 9.55 Å². The smallest absolute Gasteiger partial charge is 0.279 e. The van der Waals surface area contributed by atoms with E-state index in [1.807, 2.05) is 24.3 Å². The van der Waals surface area contributed by atoms with Gasteiger partial charge in [-0.05, 0) is 25.1 Å². The number of para-hydroxylation sites is 2. The highest BCUT2D eigenvalue weighted by Crippen LogP contribution is 2.47. The van der Waals surface area contributed by atoms with Gasteiger partial charge in [0.2, 0.25) is 12.7 Å². The molecule has 0 fully saturated rings. The fraction of sp³-hybridized carbons (Fsp3) is 0.185. The van der Waals surface area contributed by atoms with E-state index < -0.39 is 16.9 Å². The van der Waals surface area contributed by atoms with E-state index in [1.54, 1.807) is 23.6 Å². The standard InChI is InChI=1S/C27H22ClN5O7/c1-13-24(26(34)30-17-10-20(37-2)15(28)9-21(17)38-3)25(32-18-7-5-4-6-16(18)31-27(32)29-13)14-8-22-23(40-12-39-22)11-19(14)33(35)36/h4-11,25H,12H2,1-3H3,(H,29,31)(H,30,34)/t25-/m1/s1. The van der Waals surface area contributed by atoms with Crippen LogP contribution in [-0.2, 0) is 4.79 Å². The molecule has 40 heavy (non-hydrogen) atoms. The molecule has 2 aliphatic heterocycles. The number of carbonyl (C=O) groups is 1. The molecule has 0 radical (unpaired) electrons. The molecule has 0 aliphatic carbocycles. The zero-order valence-corrected chi connectivity index (χ0v) is 22.2. The lowest BCUT2D eigenvalue weighted by atomic mass is 9.92. The number of hydrogen-bond donors (Lipinski definition) is 2. The first-order valence-corrected chi connectivity index (χ1v) is 12.4. The SMILES string of the molecule is COc1cc(NC(=O)C2=C(C)Nc3nc4ccccc4n3[C@@H]2c2cc3c(cc2[N+](=O)[O-])OCO3)c(OC)cc1Cl. The molecule has 1 amide bonds. The van der Waals surface area contributed by atoms with E-state index >= 15 is 0 Å². The third-order valence-electron chi connectivity index (χ3n) is 6.81. The maximum Gasteiger partial charge on any atom is 0.279 e. The molecule has 2 N–H and O–H groups in total. The fourth-order valence-corrected chi connectivity index (χ4v) is 5.25. The van der Waals surface area contributed by atoms with Crippen molar-refractivity contribution in [1.29, 1.82) is 0 Å². The van der Waals surface area contributed by atoms with Crippen LogP contribution in [0.15, 0.2) is 59.8 Å².